The molecule has 0 aromatic heterocycles. The van der Waals surface area contributed by atoms with Crippen LogP contribution in [0.25, 0.3) is 0 Å². The van der Waals surface area contributed by atoms with Crippen LogP contribution in [0.2, 0.25) is 5.02 Å². The first-order chi connectivity index (χ1) is 9.06. The van der Waals surface area contributed by atoms with Gasteiger partial charge in [-0.05, 0) is 48.9 Å². The van der Waals surface area contributed by atoms with E-state index in [0.29, 0.717) is 10.7 Å². The number of rotatable bonds is 3. The molecular weight excluding hydrogens is 258 g/mol. The van der Waals surface area contributed by atoms with Crippen LogP contribution in [0.5, 0.6) is 0 Å². The SMILES string of the molecule is Cc1ccc(N=Nc2ccc(N(C)C)cc2)c(Cl)c1. The third-order valence-electron chi connectivity index (χ3n) is 2.74. The van der Waals surface area contributed by atoms with Gasteiger partial charge in [0.05, 0.1) is 10.7 Å². The first-order valence-electron chi connectivity index (χ1n) is 6.01. The van der Waals surface area contributed by atoms with E-state index < -0.39 is 0 Å². The summed E-state index contributed by atoms with van der Waals surface area (Å²) in [6.07, 6.45) is 0. The summed E-state index contributed by atoms with van der Waals surface area (Å²) in [5, 5.41) is 8.98. The van der Waals surface area contributed by atoms with Gasteiger partial charge in [-0.2, -0.15) is 5.11 Å². The summed E-state index contributed by atoms with van der Waals surface area (Å²) >= 11 is 6.10. The van der Waals surface area contributed by atoms with Gasteiger partial charge in [-0.25, -0.2) is 0 Å². The predicted octanol–water partition coefficient (Wildman–Crippen LogP) is 5.13. The standard InChI is InChI=1S/C15H16ClN3/c1-11-4-9-15(14(16)10-11)18-17-12-5-7-13(8-6-12)19(2)3/h4-10H,1-3H3. The number of nitrogens with zero attached hydrogens (tertiary/aromatic N) is 3. The van der Waals surface area contributed by atoms with E-state index in [1.165, 1.54) is 0 Å². The molecule has 0 heterocycles. The highest BCUT2D eigenvalue weighted by Crippen LogP contribution is 2.28. The molecule has 0 aliphatic rings. The van der Waals surface area contributed by atoms with Crippen molar-refractivity contribution in [1.29, 1.82) is 0 Å². The molecule has 3 nitrogen and oxygen atoms in total. The van der Waals surface area contributed by atoms with Gasteiger partial charge in [0, 0.05) is 19.8 Å². The highest BCUT2D eigenvalue weighted by atomic mass is 35.5. The van der Waals surface area contributed by atoms with Gasteiger partial charge in [-0.3, -0.25) is 0 Å². The van der Waals surface area contributed by atoms with E-state index >= 15 is 0 Å². The molecule has 0 unspecified atom stereocenters. The molecule has 0 aliphatic heterocycles. The minimum Gasteiger partial charge on any atom is -0.378 e. The first kappa shape index (κ1) is 13.6. The van der Waals surface area contributed by atoms with Gasteiger partial charge in [-0.1, -0.05) is 17.7 Å². The van der Waals surface area contributed by atoms with Crippen molar-refractivity contribution in [3.05, 3.63) is 53.1 Å². The third-order valence-corrected chi connectivity index (χ3v) is 3.05. The van der Waals surface area contributed by atoms with Gasteiger partial charge >= 0.3 is 0 Å². The number of benzene rings is 2. The number of hydrogen-bond acceptors (Lipinski definition) is 3. The van der Waals surface area contributed by atoms with Crippen molar-refractivity contribution in [2.24, 2.45) is 10.2 Å². The summed E-state index contributed by atoms with van der Waals surface area (Å²) in [7, 11) is 4.01. The van der Waals surface area contributed by atoms with Gasteiger partial charge in [0.15, 0.2) is 0 Å². The van der Waals surface area contributed by atoms with Crippen LogP contribution in [-0.2, 0) is 0 Å². The largest absolute Gasteiger partial charge is 0.378 e. The zero-order valence-corrected chi connectivity index (χ0v) is 12.0. The molecule has 0 radical (unpaired) electrons. The first-order valence-corrected chi connectivity index (χ1v) is 6.39. The van der Waals surface area contributed by atoms with Gasteiger partial charge in [-0.15, -0.1) is 5.11 Å². The van der Waals surface area contributed by atoms with Crippen LogP contribution in [0.15, 0.2) is 52.7 Å². The lowest BCUT2D eigenvalue weighted by molar-refractivity contribution is 1.13. The van der Waals surface area contributed by atoms with Crippen LogP contribution < -0.4 is 4.90 Å². The number of aryl methyl sites for hydroxylation is 1. The van der Waals surface area contributed by atoms with E-state index in [1.54, 1.807) is 0 Å². The van der Waals surface area contributed by atoms with Crippen LogP contribution in [0.3, 0.4) is 0 Å². The third kappa shape index (κ3) is 3.55. The minimum atomic E-state index is 0.619. The molecule has 0 atom stereocenters. The van der Waals surface area contributed by atoms with Crippen molar-refractivity contribution in [3.63, 3.8) is 0 Å². The number of halogens is 1. The Morgan fingerprint density at radius 2 is 1.63 bits per heavy atom. The molecule has 0 fully saturated rings. The molecule has 98 valence electrons. The molecular formula is C15H16ClN3. The van der Waals surface area contributed by atoms with E-state index in [2.05, 4.69) is 10.2 Å². The average Bonchev–Trinajstić information content (AvgIpc) is 2.38. The van der Waals surface area contributed by atoms with Gasteiger partial charge in [0.25, 0.3) is 0 Å². The molecule has 2 aromatic rings. The van der Waals surface area contributed by atoms with Crippen LogP contribution in [0, 0.1) is 6.92 Å². The number of azo groups is 1. The monoisotopic (exact) mass is 273 g/mol. The van der Waals surface area contributed by atoms with Gasteiger partial charge < -0.3 is 4.90 Å². The Hall–Kier alpha value is -1.87. The van der Waals surface area contributed by atoms with E-state index in [-0.39, 0.29) is 0 Å². The van der Waals surface area contributed by atoms with E-state index in [1.807, 2.05) is 68.4 Å². The Morgan fingerprint density at radius 1 is 0.947 bits per heavy atom. The Kier molecular flexibility index (Phi) is 4.17. The van der Waals surface area contributed by atoms with Crippen LogP contribution in [0.4, 0.5) is 17.1 Å². The van der Waals surface area contributed by atoms with Crippen LogP contribution in [-0.4, -0.2) is 14.1 Å². The maximum Gasteiger partial charge on any atom is 0.104 e. The second-order valence-electron chi connectivity index (χ2n) is 4.57. The van der Waals surface area contributed by atoms with E-state index in [9.17, 15) is 0 Å². The van der Waals surface area contributed by atoms with Crippen molar-refractivity contribution in [3.8, 4) is 0 Å². The van der Waals surface area contributed by atoms with Crippen molar-refractivity contribution in [1.82, 2.24) is 0 Å². The quantitative estimate of drug-likeness (QED) is 0.713. The van der Waals surface area contributed by atoms with Crippen molar-refractivity contribution in [2.75, 3.05) is 19.0 Å². The Morgan fingerprint density at radius 3 is 2.21 bits per heavy atom. The zero-order valence-electron chi connectivity index (χ0n) is 11.3. The van der Waals surface area contributed by atoms with E-state index in [0.717, 1.165) is 16.9 Å². The molecule has 0 bridgehead atoms. The summed E-state index contributed by atoms with van der Waals surface area (Å²) < 4.78 is 0. The summed E-state index contributed by atoms with van der Waals surface area (Å²) in [4.78, 5) is 2.04. The summed E-state index contributed by atoms with van der Waals surface area (Å²) in [5.41, 5.74) is 3.73. The molecule has 0 N–H and O–H groups in total. The molecule has 0 amide bonds. The lowest BCUT2D eigenvalue weighted by Gasteiger charge is -2.11. The molecule has 19 heavy (non-hydrogen) atoms. The maximum atomic E-state index is 6.10. The molecule has 0 spiro atoms. The smallest absolute Gasteiger partial charge is 0.104 e. The molecule has 0 saturated carbocycles. The van der Waals surface area contributed by atoms with Crippen molar-refractivity contribution in [2.45, 2.75) is 6.92 Å². The Labute approximate surface area is 118 Å². The molecule has 0 saturated heterocycles. The predicted molar refractivity (Wildman–Crippen MR) is 81.1 cm³/mol. The average molecular weight is 274 g/mol. The normalized spacial score (nSPS) is 10.9. The van der Waals surface area contributed by atoms with E-state index in [4.69, 9.17) is 11.6 Å². The number of hydrogen-bond donors (Lipinski definition) is 0. The van der Waals surface area contributed by atoms with Crippen LogP contribution in [0.1, 0.15) is 5.56 Å². The lowest BCUT2D eigenvalue weighted by Crippen LogP contribution is -2.07. The summed E-state index contributed by atoms with van der Waals surface area (Å²) in [6, 6.07) is 13.6. The van der Waals surface area contributed by atoms with Gasteiger partial charge in [0.2, 0.25) is 0 Å². The summed E-state index contributed by atoms with van der Waals surface area (Å²) in [5.74, 6) is 0. The second kappa shape index (κ2) is 5.85. The highest BCUT2D eigenvalue weighted by Gasteiger charge is 1.99. The second-order valence-corrected chi connectivity index (χ2v) is 4.97. The minimum absolute atomic E-state index is 0.619. The number of anilines is 1. The highest BCUT2D eigenvalue weighted by molar-refractivity contribution is 6.33. The lowest BCUT2D eigenvalue weighted by atomic mass is 10.2. The molecule has 0 aliphatic carbocycles. The van der Waals surface area contributed by atoms with Gasteiger partial charge in [0.1, 0.15) is 5.69 Å². The van der Waals surface area contributed by atoms with Crippen LogP contribution >= 0.6 is 11.6 Å². The maximum absolute atomic E-state index is 6.10. The molecule has 2 rings (SSSR count). The fraction of sp³-hybridized carbons (Fsp3) is 0.200. The topological polar surface area (TPSA) is 28.0 Å². The fourth-order valence-corrected chi connectivity index (χ4v) is 1.89. The molecule has 4 heteroatoms. The van der Waals surface area contributed by atoms with Crippen molar-refractivity contribution >= 4 is 28.7 Å². The summed E-state index contributed by atoms with van der Waals surface area (Å²) in [6.45, 7) is 1.99. The molecule has 2 aromatic carbocycles. The van der Waals surface area contributed by atoms with Crippen molar-refractivity contribution < 1.29 is 0 Å². The Balaban J connectivity index is 2.18. The Bertz CT molecular complexity index is 589. The zero-order chi connectivity index (χ0) is 13.8. The fourth-order valence-electron chi connectivity index (χ4n) is 1.62.